The van der Waals surface area contributed by atoms with Gasteiger partial charge in [0.25, 0.3) is 5.91 Å². The zero-order chi connectivity index (χ0) is 14.8. The van der Waals surface area contributed by atoms with Crippen molar-refractivity contribution in [3.63, 3.8) is 0 Å². The quantitative estimate of drug-likeness (QED) is 0.924. The Kier molecular flexibility index (Phi) is 4.45. The van der Waals surface area contributed by atoms with Crippen molar-refractivity contribution in [2.45, 2.75) is 30.9 Å². The molecule has 1 fully saturated rings. The van der Waals surface area contributed by atoms with E-state index in [-0.39, 0.29) is 37.0 Å². The summed E-state index contributed by atoms with van der Waals surface area (Å²) in [4.78, 5) is 23.0. The molecule has 0 bridgehead atoms. The van der Waals surface area contributed by atoms with Crippen molar-refractivity contribution in [1.82, 2.24) is 4.72 Å². The van der Waals surface area contributed by atoms with Gasteiger partial charge in [0.2, 0.25) is 10.0 Å². The van der Waals surface area contributed by atoms with E-state index in [0.29, 0.717) is 5.02 Å². The van der Waals surface area contributed by atoms with Crippen molar-refractivity contribution in [2.24, 2.45) is 0 Å². The Morgan fingerprint density at radius 1 is 1.15 bits per heavy atom. The molecule has 5 nitrogen and oxygen atoms in total. The van der Waals surface area contributed by atoms with Gasteiger partial charge in [0.15, 0.2) is 0 Å². The van der Waals surface area contributed by atoms with Gasteiger partial charge in [0.1, 0.15) is 5.78 Å². The van der Waals surface area contributed by atoms with Crippen LogP contribution in [-0.4, -0.2) is 25.4 Å². The minimum absolute atomic E-state index is 0.0699. The average molecular weight is 316 g/mol. The van der Waals surface area contributed by atoms with E-state index in [1.54, 1.807) is 0 Å². The highest BCUT2D eigenvalue weighted by Crippen LogP contribution is 2.21. The summed E-state index contributed by atoms with van der Waals surface area (Å²) in [6, 6.07) is 5.94. The molecule has 0 saturated heterocycles. The monoisotopic (exact) mass is 315 g/mol. The van der Waals surface area contributed by atoms with Gasteiger partial charge in [0.05, 0.1) is 5.25 Å². The van der Waals surface area contributed by atoms with Crippen molar-refractivity contribution < 1.29 is 18.0 Å². The second-order valence-electron chi connectivity index (χ2n) is 4.72. The molecule has 0 atom stereocenters. The van der Waals surface area contributed by atoms with Crippen LogP contribution in [0.1, 0.15) is 36.0 Å². The summed E-state index contributed by atoms with van der Waals surface area (Å²) in [5.74, 6) is -0.612. The Bertz CT molecular complexity index is 614. The summed E-state index contributed by atoms with van der Waals surface area (Å²) in [6.07, 6.45) is 1.03. The summed E-state index contributed by atoms with van der Waals surface area (Å²) in [7, 11) is -3.75. The van der Waals surface area contributed by atoms with Crippen molar-refractivity contribution in [2.75, 3.05) is 0 Å². The highest BCUT2D eigenvalue weighted by Gasteiger charge is 2.31. The number of halogens is 1. The topological polar surface area (TPSA) is 80.3 Å². The summed E-state index contributed by atoms with van der Waals surface area (Å²) in [5, 5.41) is -0.216. The molecule has 0 spiro atoms. The van der Waals surface area contributed by atoms with Crippen LogP contribution in [0.25, 0.3) is 0 Å². The lowest BCUT2D eigenvalue weighted by molar-refractivity contribution is -0.120. The second-order valence-corrected chi connectivity index (χ2v) is 7.12. The summed E-state index contributed by atoms with van der Waals surface area (Å²) in [5.41, 5.74) is 0.227. The first kappa shape index (κ1) is 15.0. The van der Waals surface area contributed by atoms with Crippen molar-refractivity contribution in [3.05, 3.63) is 34.9 Å². The molecule has 0 aliphatic heterocycles. The molecule has 108 valence electrons. The standard InChI is InChI=1S/C13H14ClNO4S/c14-10-3-1-9(2-4-10)13(17)15-20(18,19)12-7-5-11(16)6-8-12/h1-4,12H,5-8H2,(H,15,17). The molecule has 1 N–H and O–H groups in total. The molecule has 1 aromatic carbocycles. The van der Waals surface area contributed by atoms with Crippen LogP contribution in [0.2, 0.25) is 5.02 Å². The summed E-state index contributed by atoms with van der Waals surface area (Å²) >= 11 is 5.70. The molecule has 0 unspecified atom stereocenters. The van der Waals surface area contributed by atoms with E-state index >= 15 is 0 Å². The van der Waals surface area contributed by atoms with Crippen LogP contribution < -0.4 is 4.72 Å². The smallest absolute Gasteiger partial charge is 0.264 e. The van der Waals surface area contributed by atoms with Crippen LogP contribution in [0.15, 0.2) is 24.3 Å². The molecule has 7 heteroatoms. The molecule has 20 heavy (non-hydrogen) atoms. The number of nitrogens with one attached hydrogen (secondary N) is 1. The van der Waals surface area contributed by atoms with E-state index in [1.807, 2.05) is 0 Å². The number of benzene rings is 1. The van der Waals surface area contributed by atoms with E-state index in [2.05, 4.69) is 4.72 Å². The molecule has 0 radical (unpaired) electrons. The Morgan fingerprint density at radius 2 is 1.70 bits per heavy atom. The van der Waals surface area contributed by atoms with Crippen LogP contribution in [0.5, 0.6) is 0 Å². The molecule has 1 amide bonds. The summed E-state index contributed by atoms with van der Waals surface area (Å²) in [6.45, 7) is 0. The molecule has 0 heterocycles. The lowest BCUT2D eigenvalue weighted by Gasteiger charge is -2.21. The minimum atomic E-state index is -3.75. The number of ketones is 1. The molecule has 1 saturated carbocycles. The van der Waals surface area contributed by atoms with E-state index < -0.39 is 21.2 Å². The molecule has 1 aliphatic carbocycles. The predicted octanol–water partition coefficient (Wildman–Crippen LogP) is 1.91. The van der Waals surface area contributed by atoms with E-state index in [9.17, 15) is 18.0 Å². The maximum atomic E-state index is 12.1. The van der Waals surface area contributed by atoms with E-state index in [4.69, 9.17) is 11.6 Å². The number of hydrogen-bond donors (Lipinski definition) is 1. The molecule has 0 aromatic heterocycles. The third-order valence-corrected chi connectivity index (χ3v) is 5.34. The van der Waals surface area contributed by atoms with Gasteiger partial charge in [0, 0.05) is 23.4 Å². The molecule has 2 rings (SSSR count). The Balaban J connectivity index is 2.06. The summed E-state index contributed by atoms with van der Waals surface area (Å²) < 4.78 is 26.2. The number of sulfonamides is 1. The normalized spacial score (nSPS) is 16.9. The van der Waals surface area contributed by atoms with Crippen LogP contribution in [0.3, 0.4) is 0 Å². The second kappa shape index (κ2) is 5.93. The molecular formula is C13H14ClNO4S. The minimum Gasteiger partial charge on any atom is -0.300 e. The maximum Gasteiger partial charge on any atom is 0.264 e. The van der Waals surface area contributed by atoms with Crippen LogP contribution in [0, 0.1) is 0 Å². The van der Waals surface area contributed by atoms with Gasteiger partial charge < -0.3 is 0 Å². The molecule has 1 aliphatic rings. The Hall–Kier alpha value is -1.40. The Labute approximate surface area is 122 Å². The fourth-order valence-corrected chi connectivity index (χ4v) is 3.62. The van der Waals surface area contributed by atoms with Gasteiger partial charge in [-0.3, -0.25) is 9.59 Å². The van der Waals surface area contributed by atoms with Crippen molar-refractivity contribution in [3.8, 4) is 0 Å². The van der Waals surface area contributed by atoms with Crippen molar-refractivity contribution >= 4 is 33.3 Å². The third kappa shape index (κ3) is 3.58. The van der Waals surface area contributed by atoms with Gasteiger partial charge >= 0.3 is 0 Å². The van der Waals surface area contributed by atoms with Gasteiger partial charge in [-0.15, -0.1) is 0 Å². The number of Topliss-reactive ketones (excluding diaryl/α,β-unsaturated/α-hetero) is 1. The van der Waals surface area contributed by atoms with E-state index in [1.165, 1.54) is 24.3 Å². The third-order valence-electron chi connectivity index (χ3n) is 3.27. The number of amides is 1. The highest BCUT2D eigenvalue weighted by atomic mass is 35.5. The van der Waals surface area contributed by atoms with E-state index in [0.717, 1.165) is 0 Å². The largest absolute Gasteiger partial charge is 0.300 e. The van der Waals surface area contributed by atoms with Crippen LogP contribution in [0.4, 0.5) is 0 Å². The lowest BCUT2D eigenvalue weighted by atomic mass is 9.99. The SMILES string of the molecule is O=C1CCC(S(=O)(=O)NC(=O)c2ccc(Cl)cc2)CC1. The van der Waals surface area contributed by atoms with Gasteiger partial charge in [-0.2, -0.15) is 0 Å². The fourth-order valence-electron chi connectivity index (χ4n) is 2.10. The number of carbonyl (C=O) groups excluding carboxylic acids is 2. The fraction of sp³-hybridized carbons (Fsp3) is 0.385. The first-order chi connectivity index (χ1) is 9.38. The van der Waals surface area contributed by atoms with Gasteiger partial charge in [-0.1, -0.05) is 11.6 Å². The number of rotatable bonds is 3. The first-order valence-corrected chi connectivity index (χ1v) is 8.14. The number of hydrogen-bond acceptors (Lipinski definition) is 4. The molecular weight excluding hydrogens is 302 g/mol. The zero-order valence-electron chi connectivity index (χ0n) is 10.6. The molecule has 1 aromatic rings. The lowest BCUT2D eigenvalue weighted by Crippen LogP contribution is -2.40. The first-order valence-electron chi connectivity index (χ1n) is 6.22. The average Bonchev–Trinajstić information content (AvgIpc) is 2.39. The van der Waals surface area contributed by atoms with Gasteiger partial charge in [-0.25, -0.2) is 13.1 Å². The van der Waals surface area contributed by atoms with Crippen LogP contribution in [-0.2, 0) is 14.8 Å². The maximum absolute atomic E-state index is 12.1. The van der Waals surface area contributed by atoms with Gasteiger partial charge in [-0.05, 0) is 37.1 Å². The van der Waals surface area contributed by atoms with Crippen LogP contribution >= 0.6 is 11.6 Å². The Morgan fingerprint density at radius 3 is 2.25 bits per heavy atom. The highest BCUT2D eigenvalue weighted by molar-refractivity contribution is 7.90. The zero-order valence-corrected chi connectivity index (χ0v) is 12.2. The predicted molar refractivity (Wildman–Crippen MR) is 75.1 cm³/mol. The number of carbonyl (C=O) groups is 2. The van der Waals surface area contributed by atoms with Crippen molar-refractivity contribution in [1.29, 1.82) is 0 Å².